The Morgan fingerprint density at radius 1 is 0.309 bits per heavy atom. The van der Waals surface area contributed by atoms with Gasteiger partial charge in [0.15, 0.2) is 5.82 Å². The molecule has 0 aliphatic rings. The molecule has 258 valence electrons. The summed E-state index contributed by atoms with van der Waals surface area (Å²) < 4.78 is 2.31. The Morgan fingerprint density at radius 3 is 1.27 bits per heavy atom. The summed E-state index contributed by atoms with van der Waals surface area (Å²) in [5, 5.41) is 1.09. The van der Waals surface area contributed by atoms with E-state index in [4.69, 9.17) is 9.97 Å². The number of hydrogen-bond donors (Lipinski definition) is 0. The number of hydrogen-bond acceptors (Lipinski definition) is 2. The van der Waals surface area contributed by atoms with Crippen LogP contribution in [0.25, 0.3) is 94.8 Å². The number of aromatic nitrogens is 3. The lowest BCUT2D eigenvalue weighted by atomic mass is 9.97. The number of fused-ring (bicyclic) bond motifs is 3. The molecule has 0 amide bonds. The van der Waals surface area contributed by atoms with Crippen molar-refractivity contribution < 1.29 is 0 Å². The predicted octanol–water partition coefficient (Wildman–Crippen LogP) is 13.6. The highest BCUT2D eigenvalue weighted by molar-refractivity contribution is 6.11. The fourth-order valence-corrected chi connectivity index (χ4v) is 7.67. The van der Waals surface area contributed by atoms with Crippen LogP contribution in [0.2, 0.25) is 0 Å². The molecule has 8 aromatic carbocycles. The summed E-state index contributed by atoms with van der Waals surface area (Å²) in [6.45, 7) is 0. The van der Waals surface area contributed by atoms with Crippen LogP contribution in [0.15, 0.2) is 212 Å². The Bertz CT molecular complexity index is 2930. The van der Waals surface area contributed by atoms with Crippen LogP contribution in [0.5, 0.6) is 0 Å². The molecule has 10 aromatic rings. The van der Waals surface area contributed by atoms with E-state index in [1.165, 1.54) is 33.4 Å². The minimum Gasteiger partial charge on any atom is -0.306 e. The zero-order valence-electron chi connectivity index (χ0n) is 30.0. The molecule has 0 bridgehead atoms. The van der Waals surface area contributed by atoms with E-state index < -0.39 is 0 Å². The van der Waals surface area contributed by atoms with Gasteiger partial charge in [0.2, 0.25) is 0 Å². The Kier molecular flexibility index (Phi) is 8.16. The van der Waals surface area contributed by atoms with Crippen molar-refractivity contribution in [2.75, 3.05) is 0 Å². The molecule has 0 aliphatic heterocycles. The molecule has 0 spiro atoms. The van der Waals surface area contributed by atoms with Gasteiger partial charge in [-0.25, -0.2) is 9.97 Å². The summed E-state index contributed by atoms with van der Waals surface area (Å²) >= 11 is 0. The second kappa shape index (κ2) is 13.9. The fraction of sp³-hybridized carbons (Fsp3) is 0. The Balaban J connectivity index is 1.10. The van der Waals surface area contributed by atoms with Crippen LogP contribution >= 0.6 is 0 Å². The third-order valence-corrected chi connectivity index (χ3v) is 10.4. The van der Waals surface area contributed by atoms with Crippen LogP contribution < -0.4 is 0 Å². The molecule has 2 aromatic heterocycles. The smallest absolute Gasteiger partial charge is 0.160 e. The van der Waals surface area contributed by atoms with E-state index in [1.54, 1.807) is 0 Å². The van der Waals surface area contributed by atoms with E-state index in [1.807, 2.05) is 0 Å². The van der Waals surface area contributed by atoms with Gasteiger partial charge in [0, 0.05) is 22.2 Å². The van der Waals surface area contributed by atoms with Crippen LogP contribution in [-0.4, -0.2) is 14.5 Å². The van der Waals surface area contributed by atoms with Crippen molar-refractivity contribution in [1.29, 1.82) is 0 Å². The van der Waals surface area contributed by atoms with Crippen molar-refractivity contribution >= 4 is 21.9 Å². The van der Waals surface area contributed by atoms with Crippen LogP contribution in [-0.2, 0) is 0 Å². The van der Waals surface area contributed by atoms with Gasteiger partial charge in [-0.1, -0.05) is 182 Å². The van der Waals surface area contributed by atoms with E-state index in [0.717, 1.165) is 55.6 Å². The maximum absolute atomic E-state index is 5.40. The summed E-state index contributed by atoms with van der Waals surface area (Å²) in [6, 6.07) is 75.0. The average Bonchev–Trinajstić information content (AvgIpc) is 3.61. The summed E-state index contributed by atoms with van der Waals surface area (Å²) in [6.07, 6.45) is 0. The van der Waals surface area contributed by atoms with E-state index >= 15 is 0 Å². The number of para-hydroxylation sites is 2. The van der Waals surface area contributed by atoms with Crippen LogP contribution in [0.3, 0.4) is 0 Å². The molecule has 0 radical (unpaired) electrons. The first-order valence-electron chi connectivity index (χ1n) is 18.7. The minimum atomic E-state index is 0.697. The maximum atomic E-state index is 5.40. The van der Waals surface area contributed by atoms with Crippen molar-refractivity contribution in [2.45, 2.75) is 0 Å². The molecule has 0 fully saturated rings. The Hall–Kier alpha value is -7.36. The molecule has 0 saturated carbocycles. The van der Waals surface area contributed by atoms with Crippen LogP contribution in [0.1, 0.15) is 0 Å². The van der Waals surface area contributed by atoms with E-state index in [9.17, 15) is 0 Å². The van der Waals surface area contributed by atoms with Crippen molar-refractivity contribution in [3.8, 4) is 72.8 Å². The van der Waals surface area contributed by atoms with Crippen molar-refractivity contribution in [3.05, 3.63) is 212 Å². The largest absolute Gasteiger partial charge is 0.306 e. The van der Waals surface area contributed by atoms with Gasteiger partial charge in [-0.2, -0.15) is 0 Å². The second-order valence-electron chi connectivity index (χ2n) is 13.8. The van der Waals surface area contributed by atoms with Gasteiger partial charge >= 0.3 is 0 Å². The number of nitrogens with zero attached hydrogens (tertiary/aromatic N) is 3. The van der Waals surface area contributed by atoms with Crippen molar-refractivity contribution in [2.24, 2.45) is 0 Å². The lowest BCUT2D eigenvalue weighted by molar-refractivity contribution is 1.15. The molecule has 2 heterocycles. The highest BCUT2D eigenvalue weighted by Gasteiger charge is 2.21. The zero-order valence-corrected chi connectivity index (χ0v) is 30.0. The van der Waals surface area contributed by atoms with Gasteiger partial charge in [0.25, 0.3) is 0 Å². The first kappa shape index (κ1) is 32.3. The summed E-state index contributed by atoms with van der Waals surface area (Å²) in [4.78, 5) is 10.7. The van der Waals surface area contributed by atoms with Gasteiger partial charge in [-0.05, 0) is 74.8 Å². The topological polar surface area (TPSA) is 30.7 Å². The molecule has 55 heavy (non-hydrogen) atoms. The SMILES string of the molecule is c1ccc(-c2cccc(-c3ccc(-c4nc(-c5ccc(-c6cccc(-c7ccccc7)c6)cc5)c5c(n4)c4ccccc4n5-c4ccccc4)cc3)c2)cc1. The van der Waals surface area contributed by atoms with Crippen LogP contribution in [0, 0.1) is 0 Å². The van der Waals surface area contributed by atoms with E-state index in [0.29, 0.717) is 5.82 Å². The van der Waals surface area contributed by atoms with Gasteiger partial charge < -0.3 is 4.57 Å². The normalized spacial score (nSPS) is 11.3. The third kappa shape index (κ3) is 6.08. The number of benzene rings is 8. The fourth-order valence-electron chi connectivity index (χ4n) is 7.67. The zero-order chi connectivity index (χ0) is 36.6. The molecular weight excluding hydrogens is 667 g/mol. The molecular formula is C52H35N3. The standard InChI is InChI=1S/C52H35N3/c1-4-14-36(15-5-1)42-18-12-20-44(34-42)38-26-30-40(31-27-38)49-51-50(47-24-10-11-25-48(47)55(51)46-22-8-3-9-23-46)54-52(53-49)41-32-28-39(29-33-41)45-21-13-19-43(35-45)37-16-6-2-7-17-37/h1-35H. The predicted molar refractivity (Wildman–Crippen MR) is 229 cm³/mol. The van der Waals surface area contributed by atoms with Crippen LogP contribution in [0.4, 0.5) is 0 Å². The highest BCUT2D eigenvalue weighted by Crippen LogP contribution is 2.39. The lowest BCUT2D eigenvalue weighted by Gasteiger charge is -2.13. The first-order valence-corrected chi connectivity index (χ1v) is 18.7. The van der Waals surface area contributed by atoms with Gasteiger partial charge in [-0.15, -0.1) is 0 Å². The summed E-state index contributed by atoms with van der Waals surface area (Å²) in [5.41, 5.74) is 16.4. The minimum absolute atomic E-state index is 0.697. The molecule has 10 rings (SSSR count). The highest BCUT2D eigenvalue weighted by atomic mass is 15.0. The lowest BCUT2D eigenvalue weighted by Crippen LogP contribution is -1.99. The van der Waals surface area contributed by atoms with Gasteiger partial charge in [0.05, 0.1) is 16.7 Å². The Labute approximate surface area is 320 Å². The Morgan fingerprint density at radius 2 is 0.727 bits per heavy atom. The number of rotatable bonds is 7. The molecule has 0 N–H and O–H groups in total. The average molecular weight is 702 g/mol. The molecule has 0 saturated heterocycles. The molecule has 3 heteroatoms. The molecule has 0 unspecified atom stereocenters. The summed E-state index contributed by atoms with van der Waals surface area (Å²) in [7, 11) is 0. The maximum Gasteiger partial charge on any atom is 0.160 e. The monoisotopic (exact) mass is 701 g/mol. The van der Waals surface area contributed by atoms with Crippen molar-refractivity contribution in [3.63, 3.8) is 0 Å². The quantitative estimate of drug-likeness (QED) is 0.166. The van der Waals surface area contributed by atoms with Gasteiger partial charge in [0.1, 0.15) is 5.52 Å². The van der Waals surface area contributed by atoms with E-state index in [-0.39, 0.29) is 0 Å². The molecule has 0 atom stereocenters. The second-order valence-corrected chi connectivity index (χ2v) is 13.8. The van der Waals surface area contributed by atoms with Crippen molar-refractivity contribution in [1.82, 2.24) is 14.5 Å². The van der Waals surface area contributed by atoms with E-state index in [2.05, 4.69) is 217 Å². The molecule has 3 nitrogen and oxygen atoms in total. The molecule has 0 aliphatic carbocycles. The summed E-state index contributed by atoms with van der Waals surface area (Å²) in [5.74, 6) is 0.697. The third-order valence-electron chi connectivity index (χ3n) is 10.4. The first-order chi connectivity index (χ1) is 27.3. The van der Waals surface area contributed by atoms with Gasteiger partial charge in [-0.3, -0.25) is 0 Å².